The molecule has 0 unspecified atom stereocenters. The van der Waals surface area contributed by atoms with Crippen molar-refractivity contribution < 1.29 is 4.74 Å². The van der Waals surface area contributed by atoms with Gasteiger partial charge in [0.05, 0.1) is 5.39 Å². The van der Waals surface area contributed by atoms with E-state index in [0.717, 1.165) is 16.8 Å². The molecule has 2 heterocycles. The molecule has 3 rings (SSSR count). The van der Waals surface area contributed by atoms with Crippen molar-refractivity contribution in [3.63, 3.8) is 0 Å². The van der Waals surface area contributed by atoms with Crippen molar-refractivity contribution in [2.45, 2.75) is 26.2 Å². The number of nitrogens with one attached hydrogen (secondary N) is 1. The Hall–Kier alpha value is -2.36. The molecule has 0 fully saturated rings. The minimum absolute atomic E-state index is 0.140. The molecule has 1 aromatic carbocycles. The molecule has 0 aliphatic heterocycles. The van der Waals surface area contributed by atoms with E-state index in [4.69, 9.17) is 4.74 Å². The van der Waals surface area contributed by atoms with Crippen LogP contribution < -0.4 is 4.74 Å². The molecule has 0 radical (unpaired) electrons. The molecule has 0 spiro atoms. The van der Waals surface area contributed by atoms with Crippen LogP contribution in [0.3, 0.4) is 0 Å². The maximum atomic E-state index is 5.85. The van der Waals surface area contributed by atoms with E-state index >= 15 is 0 Å². The number of fused-ring (bicyclic) bond motifs is 1. The number of rotatable bonds is 2. The first-order valence-electron chi connectivity index (χ1n) is 6.60. The van der Waals surface area contributed by atoms with E-state index in [1.165, 1.54) is 11.9 Å². The fourth-order valence-corrected chi connectivity index (χ4v) is 2.06. The van der Waals surface area contributed by atoms with Crippen LogP contribution in [-0.4, -0.2) is 15.0 Å². The summed E-state index contributed by atoms with van der Waals surface area (Å²) in [6.45, 7) is 6.57. The van der Waals surface area contributed by atoms with Crippen LogP contribution in [0.4, 0.5) is 0 Å². The van der Waals surface area contributed by atoms with Gasteiger partial charge in [-0.3, -0.25) is 0 Å². The maximum absolute atomic E-state index is 5.85. The van der Waals surface area contributed by atoms with Gasteiger partial charge in [-0.1, -0.05) is 32.9 Å². The Balaban J connectivity index is 1.90. The van der Waals surface area contributed by atoms with Gasteiger partial charge in [-0.25, -0.2) is 9.97 Å². The van der Waals surface area contributed by atoms with E-state index in [9.17, 15) is 0 Å². The molecule has 0 aliphatic rings. The number of aromatic nitrogens is 3. The summed E-state index contributed by atoms with van der Waals surface area (Å²) in [5, 5.41) is 0.882. The van der Waals surface area contributed by atoms with Crippen LogP contribution in [0.25, 0.3) is 11.0 Å². The van der Waals surface area contributed by atoms with Crippen molar-refractivity contribution in [1.29, 1.82) is 0 Å². The van der Waals surface area contributed by atoms with Crippen LogP contribution in [0.2, 0.25) is 0 Å². The summed E-state index contributed by atoms with van der Waals surface area (Å²) in [7, 11) is 0. The molecule has 0 atom stereocenters. The average Bonchev–Trinajstić information content (AvgIpc) is 2.88. The second-order valence-corrected chi connectivity index (χ2v) is 5.80. The molecule has 3 aromatic rings. The number of ether oxygens (including phenoxy) is 1. The highest BCUT2D eigenvalue weighted by Gasteiger charge is 2.13. The fourth-order valence-electron chi connectivity index (χ4n) is 2.06. The normalized spacial score (nSPS) is 11.8. The topological polar surface area (TPSA) is 50.8 Å². The van der Waals surface area contributed by atoms with Crippen LogP contribution in [0.1, 0.15) is 26.3 Å². The van der Waals surface area contributed by atoms with Gasteiger partial charge in [-0.05, 0) is 29.2 Å². The van der Waals surface area contributed by atoms with Crippen molar-refractivity contribution in [1.82, 2.24) is 15.0 Å². The Kier molecular flexibility index (Phi) is 2.93. The molecule has 0 saturated heterocycles. The van der Waals surface area contributed by atoms with Gasteiger partial charge in [0, 0.05) is 6.20 Å². The zero-order chi connectivity index (χ0) is 14.2. The van der Waals surface area contributed by atoms with E-state index < -0.39 is 0 Å². The number of hydrogen-bond acceptors (Lipinski definition) is 3. The summed E-state index contributed by atoms with van der Waals surface area (Å²) < 4.78 is 5.85. The van der Waals surface area contributed by atoms with E-state index in [-0.39, 0.29) is 5.41 Å². The predicted molar refractivity (Wildman–Crippen MR) is 79.1 cm³/mol. The van der Waals surface area contributed by atoms with Crippen LogP contribution >= 0.6 is 0 Å². The highest BCUT2D eigenvalue weighted by atomic mass is 16.5. The summed E-state index contributed by atoms with van der Waals surface area (Å²) in [5.74, 6) is 1.35. The average molecular weight is 267 g/mol. The van der Waals surface area contributed by atoms with Gasteiger partial charge in [0.1, 0.15) is 17.7 Å². The highest BCUT2D eigenvalue weighted by Crippen LogP contribution is 2.28. The zero-order valence-corrected chi connectivity index (χ0v) is 11.8. The van der Waals surface area contributed by atoms with Crippen molar-refractivity contribution >= 4 is 11.0 Å². The molecule has 0 bridgehead atoms. The second-order valence-electron chi connectivity index (χ2n) is 5.80. The highest BCUT2D eigenvalue weighted by molar-refractivity contribution is 5.80. The van der Waals surface area contributed by atoms with Crippen molar-refractivity contribution in [2.75, 3.05) is 0 Å². The number of hydrogen-bond donors (Lipinski definition) is 1. The Bertz CT molecular complexity index is 723. The second kappa shape index (κ2) is 4.63. The molecule has 4 heteroatoms. The minimum Gasteiger partial charge on any atom is -0.438 e. The number of nitrogens with zero attached hydrogens (tertiary/aromatic N) is 2. The van der Waals surface area contributed by atoms with Crippen LogP contribution in [0.15, 0.2) is 42.9 Å². The van der Waals surface area contributed by atoms with Crippen molar-refractivity contribution in [2.24, 2.45) is 0 Å². The van der Waals surface area contributed by atoms with Gasteiger partial charge < -0.3 is 9.72 Å². The van der Waals surface area contributed by atoms with Gasteiger partial charge in [0.15, 0.2) is 0 Å². The van der Waals surface area contributed by atoms with E-state index in [0.29, 0.717) is 5.88 Å². The van der Waals surface area contributed by atoms with Crippen LogP contribution in [0.5, 0.6) is 11.6 Å². The van der Waals surface area contributed by atoms with Gasteiger partial charge >= 0.3 is 0 Å². The Morgan fingerprint density at radius 3 is 2.45 bits per heavy atom. The van der Waals surface area contributed by atoms with Gasteiger partial charge in [-0.15, -0.1) is 0 Å². The first-order valence-corrected chi connectivity index (χ1v) is 6.60. The van der Waals surface area contributed by atoms with Crippen LogP contribution in [0, 0.1) is 0 Å². The molecule has 4 nitrogen and oxygen atoms in total. The first kappa shape index (κ1) is 12.7. The summed E-state index contributed by atoms with van der Waals surface area (Å²) in [5.41, 5.74) is 2.20. The molecule has 0 saturated carbocycles. The molecule has 0 amide bonds. The lowest BCUT2D eigenvalue weighted by Gasteiger charge is -2.19. The quantitative estimate of drug-likeness (QED) is 0.762. The lowest BCUT2D eigenvalue weighted by molar-refractivity contribution is 0.467. The van der Waals surface area contributed by atoms with Crippen LogP contribution in [-0.2, 0) is 5.41 Å². The smallest absolute Gasteiger partial charge is 0.231 e. The van der Waals surface area contributed by atoms with E-state index in [1.807, 2.05) is 24.4 Å². The Morgan fingerprint density at radius 1 is 1.00 bits per heavy atom. The van der Waals surface area contributed by atoms with E-state index in [2.05, 4.69) is 47.9 Å². The largest absolute Gasteiger partial charge is 0.438 e. The molecule has 102 valence electrons. The molecule has 20 heavy (non-hydrogen) atoms. The van der Waals surface area contributed by atoms with Crippen molar-refractivity contribution in [3.05, 3.63) is 48.4 Å². The molecule has 0 aliphatic carbocycles. The van der Waals surface area contributed by atoms with Gasteiger partial charge in [0.25, 0.3) is 0 Å². The zero-order valence-electron chi connectivity index (χ0n) is 11.8. The van der Waals surface area contributed by atoms with E-state index in [1.54, 1.807) is 0 Å². The monoisotopic (exact) mass is 267 g/mol. The van der Waals surface area contributed by atoms with Gasteiger partial charge in [-0.2, -0.15) is 0 Å². The maximum Gasteiger partial charge on any atom is 0.231 e. The number of benzene rings is 1. The first-order chi connectivity index (χ1) is 9.54. The lowest BCUT2D eigenvalue weighted by Crippen LogP contribution is -2.10. The third-order valence-electron chi connectivity index (χ3n) is 3.25. The molecular formula is C16H17N3O. The molecule has 2 aromatic heterocycles. The molecule has 1 N–H and O–H groups in total. The summed E-state index contributed by atoms with van der Waals surface area (Å²) >= 11 is 0. The number of aromatic amines is 1. The SMILES string of the molecule is CC(C)(C)c1ccc(Oc2ncnc3[nH]ccc23)cc1. The third kappa shape index (κ3) is 2.37. The molecular weight excluding hydrogens is 250 g/mol. The predicted octanol–water partition coefficient (Wildman–Crippen LogP) is 4.05. The standard InChI is InChI=1S/C16H17N3O/c1-16(2,3)11-4-6-12(7-5-11)20-15-13-8-9-17-14(13)18-10-19-15/h4-10H,1-3H3,(H,17,18,19). The summed E-state index contributed by atoms with van der Waals surface area (Å²) in [4.78, 5) is 11.4. The van der Waals surface area contributed by atoms with Crippen molar-refractivity contribution in [3.8, 4) is 11.6 Å². The summed E-state index contributed by atoms with van der Waals surface area (Å²) in [6, 6.07) is 10.0. The third-order valence-corrected chi connectivity index (χ3v) is 3.25. The Labute approximate surface area is 117 Å². The fraction of sp³-hybridized carbons (Fsp3) is 0.250. The minimum atomic E-state index is 0.140. The Morgan fingerprint density at radius 2 is 1.75 bits per heavy atom. The number of H-pyrrole nitrogens is 1. The lowest BCUT2D eigenvalue weighted by atomic mass is 9.87. The summed E-state index contributed by atoms with van der Waals surface area (Å²) in [6.07, 6.45) is 3.33. The van der Waals surface area contributed by atoms with Gasteiger partial charge in [0.2, 0.25) is 5.88 Å².